The maximum absolute atomic E-state index is 13.1. The summed E-state index contributed by atoms with van der Waals surface area (Å²) in [5.74, 6) is 0.676. The minimum Gasteiger partial charge on any atom is -0.314 e. The zero-order valence-corrected chi connectivity index (χ0v) is 15.6. The van der Waals surface area contributed by atoms with Crippen molar-refractivity contribution in [2.75, 3.05) is 0 Å². The predicted molar refractivity (Wildman–Crippen MR) is 106 cm³/mol. The van der Waals surface area contributed by atoms with Crippen LogP contribution in [0.15, 0.2) is 52.2 Å². The van der Waals surface area contributed by atoms with Gasteiger partial charge in [-0.05, 0) is 19.4 Å². The average Bonchev–Trinajstić information content (AvgIpc) is 3.18. The smallest absolute Gasteiger partial charge is 0.314 e. The van der Waals surface area contributed by atoms with E-state index in [1.54, 1.807) is 11.4 Å². The van der Waals surface area contributed by atoms with Crippen LogP contribution in [0.3, 0.4) is 0 Å². The van der Waals surface area contributed by atoms with E-state index in [1.807, 2.05) is 67.1 Å². The summed E-state index contributed by atoms with van der Waals surface area (Å²) in [6.45, 7) is 4.95. The van der Waals surface area contributed by atoms with E-state index in [2.05, 4.69) is 4.98 Å². The molecule has 0 saturated carbocycles. The second-order valence-electron chi connectivity index (χ2n) is 6.54. The van der Waals surface area contributed by atoms with Gasteiger partial charge in [-0.25, -0.2) is 4.79 Å². The number of allylic oxidation sites excluding steroid dienone is 1. The molecule has 0 bridgehead atoms. The maximum atomic E-state index is 13.1. The highest BCUT2D eigenvalue weighted by Crippen LogP contribution is 2.15. The van der Waals surface area contributed by atoms with Gasteiger partial charge in [0.2, 0.25) is 5.78 Å². The Bertz CT molecular complexity index is 1290. The predicted octanol–water partition coefficient (Wildman–Crippen LogP) is 2.19. The highest BCUT2D eigenvalue weighted by atomic mass is 16.2. The lowest BCUT2D eigenvalue weighted by molar-refractivity contribution is 0.667. The number of benzene rings is 1. The lowest BCUT2D eigenvalue weighted by Crippen LogP contribution is -2.39. The van der Waals surface area contributed by atoms with Crippen LogP contribution in [0.4, 0.5) is 0 Å². The van der Waals surface area contributed by atoms with Gasteiger partial charge < -0.3 is 4.57 Å². The van der Waals surface area contributed by atoms with Crippen LogP contribution >= 0.6 is 0 Å². The van der Waals surface area contributed by atoms with E-state index in [4.69, 9.17) is 0 Å². The van der Waals surface area contributed by atoms with Gasteiger partial charge in [0.25, 0.3) is 5.56 Å². The van der Waals surface area contributed by atoms with Crippen molar-refractivity contribution in [3.8, 4) is 0 Å². The number of nitrogens with zero attached hydrogens (tertiary/aromatic N) is 5. The quantitative estimate of drug-likeness (QED) is 0.558. The molecular formula is C20H21N5O2. The van der Waals surface area contributed by atoms with Crippen LogP contribution in [0.2, 0.25) is 0 Å². The Balaban J connectivity index is 1.89. The number of aryl methyl sites for hydroxylation is 3. The molecule has 3 aromatic heterocycles. The first-order valence-electron chi connectivity index (χ1n) is 8.92. The molecule has 0 aliphatic carbocycles. The van der Waals surface area contributed by atoms with E-state index in [-0.39, 0.29) is 17.8 Å². The van der Waals surface area contributed by atoms with E-state index in [1.165, 1.54) is 9.13 Å². The van der Waals surface area contributed by atoms with Crippen LogP contribution in [0.5, 0.6) is 0 Å². The summed E-state index contributed by atoms with van der Waals surface area (Å²) in [5.41, 5.74) is 2.18. The number of hydrogen-bond donors (Lipinski definition) is 0. The van der Waals surface area contributed by atoms with Gasteiger partial charge in [0.1, 0.15) is 0 Å². The molecule has 4 aromatic rings. The van der Waals surface area contributed by atoms with Gasteiger partial charge in [0.05, 0.1) is 0 Å². The largest absolute Gasteiger partial charge is 0.332 e. The van der Waals surface area contributed by atoms with Gasteiger partial charge >= 0.3 is 5.69 Å². The molecule has 0 spiro atoms. The van der Waals surface area contributed by atoms with E-state index in [0.29, 0.717) is 16.9 Å². The average molecular weight is 363 g/mol. The van der Waals surface area contributed by atoms with Crippen LogP contribution in [-0.4, -0.2) is 23.1 Å². The van der Waals surface area contributed by atoms with Gasteiger partial charge in [-0.15, -0.1) is 0 Å². The standard InChI is InChI=1S/C20H21N5O2/c1-4-23-14(2)13-25-16-17(21-19(23)25)22(3)20(27)24(18(16)26)12-8-11-15-9-6-5-7-10-15/h5-11,13H,4,12H2,1-3H3. The Morgan fingerprint density at radius 1 is 1.11 bits per heavy atom. The van der Waals surface area contributed by atoms with Crippen LogP contribution in [0.1, 0.15) is 18.2 Å². The molecule has 0 atom stereocenters. The molecule has 7 heteroatoms. The Hall–Kier alpha value is -3.35. The fourth-order valence-electron chi connectivity index (χ4n) is 3.47. The summed E-state index contributed by atoms with van der Waals surface area (Å²) >= 11 is 0. The van der Waals surface area contributed by atoms with Crippen molar-refractivity contribution in [3.63, 3.8) is 0 Å². The lowest BCUT2D eigenvalue weighted by Gasteiger charge is -2.05. The SMILES string of the molecule is CCn1c(C)cn2c3c(=O)n(CC=Cc4ccccc4)c(=O)n(C)c3nc12. The zero-order chi connectivity index (χ0) is 19.1. The van der Waals surface area contributed by atoms with Crippen LogP contribution in [0, 0.1) is 6.92 Å². The Morgan fingerprint density at radius 3 is 2.56 bits per heavy atom. The molecule has 0 radical (unpaired) electrons. The normalized spacial score (nSPS) is 12.0. The highest BCUT2D eigenvalue weighted by molar-refractivity contribution is 5.75. The third-order valence-corrected chi connectivity index (χ3v) is 4.85. The fraction of sp³-hybridized carbons (Fsp3) is 0.250. The number of hydrogen-bond acceptors (Lipinski definition) is 3. The Labute approximate surface area is 155 Å². The summed E-state index contributed by atoms with van der Waals surface area (Å²) in [6.07, 6.45) is 5.62. The van der Waals surface area contributed by atoms with E-state index in [9.17, 15) is 9.59 Å². The summed E-state index contributed by atoms with van der Waals surface area (Å²) in [4.78, 5) is 30.3. The van der Waals surface area contributed by atoms with Crippen LogP contribution in [-0.2, 0) is 20.1 Å². The van der Waals surface area contributed by atoms with E-state index in [0.717, 1.165) is 17.8 Å². The molecule has 0 saturated heterocycles. The topological polar surface area (TPSA) is 66.2 Å². The van der Waals surface area contributed by atoms with Crippen molar-refractivity contribution in [2.45, 2.75) is 26.9 Å². The molecule has 0 aliphatic rings. The second-order valence-corrected chi connectivity index (χ2v) is 6.54. The molecule has 0 fully saturated rings. The van der Waals surface area contributed by atoms with Crippen molar-refractivity contribution in [2.24, 2.45) is 7.05 Å². The highest BCUT2D eigenvalue weighted by Gasteiger charge is 2.19. The van der Waals surface area contributed by atoms with E-state index < -0.39 is 0 Å². The number of rotatable bonds is 4. The van der Waals surface area contributed by atoms with Gasteiger partial charge in [-0.3, -0.25) is 18.3 Å². The van der Waals surface area contributed by atoms with Gasteiger partial charge in [-0.2, -0.15) is 4.98 Å². The molecule has 0 aliphatic heterocycles. The number of imidazole rings is 2. The molecule has 1 aromatic carbocycles. The van der Waals surface area contributed by atoms with E-state index >= 15 is 0 Å². The molecule has 4 rings (SSSR count). The van der Waals surface area contributed by atoms with Gasteiger partial charge in [0.15, 0.2) is 11.2 Å². The Morgan fingerprint density at radius 2 is 1.85 bits per heavy atom. The van der Waals surface area contributed by atoms with Crippen molar-refractivity contribution in [3.05, 3.63) is 74.7 Å². The zero-order valence-electron chi connectivity index (χ0n) is 15.6. The lowest BCUT2D eigenvalue weighted by atomic mass is 10.2. The van der Waals surface area contributed by atoms with Gasteiger partial charge in [0, 0.05) is 32.0 Å². The molecule has 0 unspecified atom stereocenters. The molecule has 138 valence electrons. The fourth-order valence-corrected chi connectivity index (χ4v) is 3.47. The first kappa shape index (κ1) is 17.1. The minimum absolute atomic E-state index is 0.205. The summed E-state index contributed by atoms with van der Waals surface area (Å²) in [5, 5.41) is 0. The molecule has 0 amide bonds. The summed E-state index contributed by atoms with van der Waals surface area (Å²) in [6, 6.07) is 9.77. The second kappa shape index (κ2) is 6.42. The molecular weight excluding hydrogens is 342 g/mol. The van der Waals surface area contributed by atoms with Crippen molar-refractivity contribution >= 4 is 23.0 Å². The maximum Gasteiger partial charge on any atom is 0.332 e. The number of fused-ring (bicyclic) bond motifs is 3. The molecule has 27 heavy (non-hydrogen) atoms. The molecule has 0 N–H and O–H groups in total. The third-order valence-electron chi connectivity index (χ3n) is 4.85. The van der Waals surface area contributed by atoms with Crippen molar-refractivity contribution in [1.29, 1.82) is 0 Å². The van der Waals surface area contributed by atoms with Gasteiger partial charge in [-0.1, -0.05) is 42.5 Å². The first-order valence-corrected chi connectivity index (χ1v) is 8.92. The van der Waals surface area contributed by atoms with Crippen molar-refractivity contribution in [1.82, 2.24) is 23.1 Å². The summed E-state index contributed by atoms with van der Waals surface area (Å²) < 4.78 is 6.49. The first-order chi connectivity index (χ1) is 13.0. The Kier molecular flexibility index (Phi) is 4.07. The monoisotopic (exact) mass is 363 g/mol. The minimum atomic E-state index is -0.370. The van der Waals surface area contributed by atoms with Crippen LogP contribution in [0.25, 0.3) is 23.0 Å². The third kappa shape index (κ3) is 2.63. The summed E-state index contributed by atoms with van der Waals surface area (Å²) in [7, 11) is 1.65. The molecule has 7 nitrogen and oxygen atoms in total. The van der Waals surface area contributed by atoms with Crippen LogP contribution < -0.4 is 11.2 Å². The van der Waals surface area contributed by atoms with Crippen molar-refractivity contribution < 1.29 is 0 Å². The number of aromatic nitrogens is 5. The molecule has 3 heterocycles.